The average Bonchev–Trinajstić information content (AvgIpc) is 2.21. The van der Waals surface area contributed by atoms with Gasteiger partial charge in [-0.2, -0.15) is 8.42 Å². The minimum absolute atomic E-state index is 0.0853. The Bertz CT molecular complexity index is 703. The van der Waals surface area contributed by atoms with Gasteiger partial charge in [0, 0.05) is 3.57 Å². The van der Waals surface area contributed by atoms with Crippen molar-refractivity contribution in [1.29, 1.82) is 0 Å². The fourth-order valence-electron chi connectivity index (χ4n) is 2.17. The maximum atomic E-state index is 13.6. The minimum Gasteiger partial charge on any atom is -0.456 e. The van der Waals surface area contributed by atoms with Crippen LogP contribution >= 0.6 is 22.6 Å². The summed E-state index contributed by atoms with van der Waals surface area (Å²) < 4.78 is 42.1. The third-order valence-corrected chi connectivity index (χ3v) is 5.65. The van der Waals surface area contributed by atoms with Crippen molar-refractivity contribution in [3.8, 4) is 0 Å². The molecule has 1 aromatic rings. The van der Waals surface area contributed by atoms with Gasteiger partial charge in [0.05, 0.1) is 5.56 Å². The zero-order valence-corrected chi connectivity index (χ0v) is 15.8. The number of hydrogen-bond donors (Lipinski definition) is 0. The van der Waals surface area contributed by atoms with E-state index in [1.165, 1.54) is 13.8 Å². The van der Waals surface area contributed by atoms with Crippen LogP contribution in [0.2, 0.25) is 0 Å². The lowest BCUT2D eigenvalue weighted by Crippen LogP contribution is -2.25. The molecule has 0 aliphatic heterocycles. The van der Waals surface area contributed by atoms with Crippen LogP contribution in [0.25, 0.3) is 0 Å². The third kappa shape index (κ3) is 3.94. The van der Waals surface area contributed by atoms with E-state index in [9.17, 15) is 17.1 Å². The number of benzene rings is 1. The molecule has 0 spiro atoms. The molecular weight excluding hydrogens is 410 g/mol. The normalized spacial score (nSPS) is 12.4. The molecule has 0 aliphatic rings. The first-order valence-corrected chi connectivity index (χ1v) is 8.71. The molecule has 0 amide bonds. The van der Waals surface area contributed by atoms with E-state index in [1.807, 2.05) is 22.6 Å². The zero-order chi connectivity index (χ0) is 16.7. The second kappa shape index (κ2) is 5.83. The highest BCUT2D eigenvalue weighted by Gasteiger charge is 2.29. The zero-order valence-electron chi connectivity index (χ0n) is 12.8. The summed E-state index contributed by atoms with van der Waals surface area (Å²) in [5, 5.41) is 0. The fourth-order valence-corrected chi connectivity index (χ4v) is 3.83. The van der Waals surface area contributed by atoms with Crippen molar-refractivity contribution >= 4 is 38.8 Å². The Labute approximate surface area is 138 Å². The highest BCUT2D eigenvalue weighted by Crippen LogP contribution is 2.33. The monoisotopic (exact) mass is 428 g/mol. The molecule has 1 aromatic carbocycles. The molecule has 0 unspecified atom stereocenters. The molecule has 118 valence electrons. The lowest BCUT2D eigenvalue weighted by atomic mass is 9.99. The minimum atomic E-state index is -4.92. The van der Waals surface area contributed by atoms with Crippen LogP contribution in [0.4, 0.5) is 3.89 Å². The Hall–Kier alpha value is -0.700. The molecule has 7 heteroatoms. The number of hydrogen-bond acceptors (Lipinski definition) is 4. The van der Waals surface area contributed by atoms with Crippen LogP contribution in [0.3, 0.4) is 0 Å². The van der Waals surface area contributed by atoms with Crippen molar-refractivity contribution in [1.82, 2.24) is 0 Å². The lowest BCUT2D eigenvalue weighted by Gasteiger charge is -2.22. The van der Waals surface area contributed by atoms with Crippen molar-refractivity contribution in [2.75, 3.05) is 0 Å². The maximum absolute atomic E-state index is 13.6. The molecule has 0 aromatic heterocycles. The van der Waals surface area contributed by atoms with Crippen LogP contribution in [0.15, 0.2) is 4.90 Å². The number of carbonyl (C=O) groups is 1. The van der Waals surface area contributed by atoms with E-state index in [2.05, 4.69) is 0 Å². The molecule has 0 aliphatic carbocycles. The van der Waals surface area contributed by atoms with Gasteiger partial charge in [0.2, 0.25) is 0 Å². The van der Waals surface area contributed by atoms with Crippen molar-refractivity contribution in [3.05, 3.63) is 25.8 Å². The van der Waals surface area contributed by atoms with Crippen LogP contribution in [-0.4, -0.2) is 20.0 Å². The number of rotatable bonds is 2. The number of esters is 1. The molecule has 0 bridgehead atoms. The van der Waals surface area contributed by atoms with Crippen LogP contribution in [0.1, 0.15) is 47.8 Å². The molecule has 0 saturated carbocycles. The Morgan fingerprint density at radius 3 is 1.95 bits per heavy atom. The molecule has 4 nitrogen and oxygen atoms in total. The van der Waals surface area contributed by atoms with Gasteiger partial charge in [0.1, 0.15) is 10.5 Å². The van der Waals surface area contributed by atoms with Gasteiger partial charge < -0.3 is 4.74 Å². The van der Waals surface area contributed by atoms with Gasteiger partial charge in [-0.1, -0.05) is 0 Å². The lowest BCUT2D eigenvalue weighted by molar-refractivity contribution is 0.00675. The summed E-state index contributed by atoms with van der Waals surface area (Å²) in [5.74, 6) is -0.652. The molecule has 0 atom stereocenters. The first kappa shape index (κ1) is 18.3. The van der Waals surface area contributed by atoms with Gasteiger partial charge in [0.15, 0.2) is 0 Å². The van der Waals surface area contributed by atoms with Gasteiger partial charge in [-0.3, -0.25) is 0 Å². The van der Waals surface area contributed by atoms with Crippen LogP contribution in [-0.2, 0) is 15.0 Å². The van der Waals surface area contributed by atoms with E-state index in [4.69, 9.17) is 4.74 Å². The smallest absolute Gasteiger partial charge is 0.339 e. The van der Waals surface area contributed by atoms with E-state index in [0.717, 1.165) is 0 Å². The standard InChI is InChI=1S/C14H18FIO4S/c1-7-10(13(17)20-14(4,5)6)8(2)12(21(15,18)19)9(3)11(7)16/h1-6H3. The van der Waals surface area contributed by atoms with E-state index in [0.29, 0.717) is 14.7 Å². The number of carbonyl (C=O) groups excluding carboxylic acids is 1. The maximum Gasteiger partial charge on any atom is 0.339 e. The van der Waals surface area contributed by atoms with Crippen molar-refractivity contribution in [3.63, 3.8) is 0 Å². The second-order valence-electron chi connectivity index (χ2n) is 5.83. The van der Waals surface area contributed by atoms with E-state index in [-0.39, 0.29) is 11.1 Å². The van der Waals surface area contributed by atoms with Crippen LogP contribution in [0.5, 0.6) is 0 Å². The van der Waals surface area contributed by atoms with Crippen molar-refractivity contribution in [2.24, 2.45) is 0 Å². The van der Waals surface area contributed by atoms with E-state index < -0.39 is 26.7 Å². The van der Waals surface area contributed by atoms with Crippen LogP contribution < -0.4 is 0 Å². The molecule has 21 heavy (non-hydrogen) atoms. The summed E-state index contributed by atoms with van der Waals surface area (Å²) >= 11 is 1.91. The van der Waals surface area contributed by atoms with E-state index in [1.54, 1.807) is 27.7 Å². The SMILES string of the molecule is Cc1c(I)c(C)c(S(=O)(=O)F)c(C)c1C(=O)OC(C)(C)C. The molecule has 0 N–H and O–H groups in total. The van der Waals surface area contributed by atoms with Gasteiger partial charge in [-0.05, 0) is 80.8 Å². The Kier molecular flexibility index (Phi) is 5.09. The Morgan fingerprint density at radius 1 is 1.10 bits per heavy atom. The largest absolute Gasteiger partial charge is 0.456 e. The summed E-state index contributed by atoms with van der Waals surface area (Å²) in [6.07, 6.45) is 0. The Morgan fingerprint density at radius 2 is 1.57 bits per heavy atom. The predicted molar refractivity (Wildman–Crippen MR) is 86.8 cm³/mol. The third-order valence-electron chi connectivity index (χ3n) is 2.94. The highest BCUT2D eigenvalue weighted by molar-refractivity contribution is 14.1. The summed E-state index contributed by atoms with van der Waals surface area (Å²) in [5.41, 5.74) is 0.368. The quantitative estimate of drug-likeness (QED) is 0.408. The number of ether oxygens (including phenoxy) is 1. The van der Waals surface area contributed by atoms with Gasteiger partial charge in [-0.25, -0.2) is 4.79 Å². The summed E-state index contributed by atoms with van der Waals surface area (Å²) in [7, 11) is -4.92. The van der Waals surface area contributed by atoms with Crippen molar-refractivity contribution in [2.45, 2.75) is 52.0 Å². The molecule has 0 radical (unpaired) electrons. The molecule has 0 fully saturated rings. The second-order valence-corrected chi connectivity index (χ2v) is 8.20. The fraction of sp³-hybridized carbons (Fsp3) is 0.500. The summed E-state index contributed by atoms with van der Waals surface area (Å²) in [6, 6.07) is 0. The molecule has 0 heterocycles. The first-order valence-electron chi connectivity index (χ1n) is 6.24. The molecule has 0 saturated heterocycles. The first-order chi connectivity index (χ1) is 9.27. The molecular formula is C14H18FIO4S. The molecule has 1 rings (SSSR count). The summed E-state index contributed by atoms with van der Waals surface area (Å²) in [6.45, 7) is 9.76. The van der Waals surface area contributed by atoms with Gasteiger partial charge in [-0.15, -0.1) is 3.89 Å². The van der Waals surface area contributed by atoms with Crippen molar-refractivity contribution < 1.29 is 21.8 Å². The number of halogens is 2. The van der Waals surface area contributed by atoms with Crippen LogP contribution in [0, 0.1) is 24.3 Å². The topological polar surface area (TPSA) is 60.4 Å². The summed E-state index contributed by atoms with van der Waals surface area (Å²) in [4.78, 5) is 11.9. The highest BCUT2D eigenvalue weighted by atomic mass is 127. The predicted octanol–water partition coefficient (Wildman–Crippen LogP) is 3.83. The van der Waals surface area contributed by atoms with E-state index >= 15 is 0 Å². The van der Waals surface area contributed by atoms with Gasteiger partial charge in [0.25, 0.3) is 0 Å². The average molecular weight is 428 g/mol. The Balaban J connectivity index is 3.69. The van der Waals surface area contributed by atoms with Gasteiger partial charge >= 0.3 is 16.2 Å².